The van der Waals surface area contributed by atoms with Gasteiger partial charge in [0.15, 0.2) is 5.69 Å². The van der Waals surface area contributed by atoms with E-state index in [1.807, 2.05) is 18.2 Å². The summed E-state index contributed by atoms with van der Waals surface area (Å²) in [6.07, 6.45) is 1.89. The number of nitrogens with zero attached hydrogens (tertiary/aromatic N) is 2. The van der Waals surface area contributed by atoms with Crippen LogP contribution in [0.1, 0.15) is 39.6 Å². The molecule has 30 heavy (non-hydrogen) atoms. The molecule has 152 valence electrons. The Kier molecular flexibility index (Phi) is 7.75. The zero-order valence-electron chi connectivity index (χ0n) is 16.6. The van der Waals surface area contributed by atoms with Gasteiger partial charge in [-0.1, -0.05) is 15.9 Å². The van der Waals surface area contributed by atoms with Crippen LogP contribution < -0.4 is 40.0 Å². The molecule has 1 aliphatic rings. The molecule has 1 aromatic carbocycles. The van der Waals surface area contributed by atoms with Crippen LogP contribution in [-0.2, 0) is 6.54 Å². The van der Waals surface area contributed by atoms with Gasteiger partial charge in [-0.2, -0.15) is 5.10 Å². The molecule has 0 aliphatic carbocycles. The number of carbonyl (C=O) groups is 2. The maximum Gasteiger partial charge on any atom is 1.00 e. The van der Waals surface area contributed by atoms with Crippen molar-refractivity contribution in [2.24, 2.45) is 5.92 Å². The molecule has 0 saturated carbocycles. The fourth-order valence-corrected chi connectivity index (χ4v) is 3.98. The first-order chi connectivity index (χ1) is 14.0. The van der Waals surface area contributed by atoms with Crippen molar-refractivity contribution >= 4 is 38.7 Å². The number of fused-ring (bicyclic) bond motifs is 1. The number of aromatic carboxylic acids is 1. The largest absolute Gasteiger partial charge is 1.00 e. The molecular weight excluding hydrogens is 463 g/mol. The Labute approximate surface area is 203 Å². The molecule has 3 aromatic rings. The van der Waals surface area contributed by atoms with Gasteiger partial charge < -0.3 is 19.6 Å². The van der Waals surface area contributed by atoms with E-state index in [0.29, 0.717) is 30.5 Å². The Morgan fingerprint density at radius 1 is 1.27 bits per heavy atom. The van der Waals surface area contributed by atoms with Crippen LogP contribution in [0.4, 0.5) is 0 Å². The van der Waals surface area contributed by atoms with Crippen LogP contribution >= 0.6 is 15.9 Å². The zero-order chi connectivity index (χ0) is 20.4. The number of carboxylic acids is 1. The van der Waals surface area contributed by atoms with Gasteiger partial charge in [-0.05, 0) is 62.2 Å². The number of likely N-dealkylation sites (tertiary alicyclic amines) is 1. The second-order valence-electron chi connectivity index (χ2n) is 7.25. The van der Waals surface area contributed by atoms with Gasteiger partial charge in [-0.3, -0.25) is 14.8 Å². The first kappa shape index (κ1) is 23.0. The fourth-order valence-electron chi connectivity index (χ4n) is 3.62. The molecule has 0 atom stereocenters. The molecule has 10 heteroatoms. The van der Waals surface area contributed by atoms with Crippen molar-refractivity contribution in [1.82, 2.24) is 20.4 Å². The van der Waals surface area contributed by atoms with E-state index in [1.165, 1.54) is 6.07 Å². The number of H-pyrrole nitrogens is 1. The summed E-state index contributed by atoms with van der Waals surface area (Å²) in [4.78, 5) is 25.6. The van der Waals surface area contributed by atoms with E-state index >= 15 is 0 Å². The number of aromatic nitrogens is 2. The van der Waals surface area contributed by atoms with E-state index in [2.05, 4.69) is 36.3 Å². The van der Waals surface area contributed by atoms with Crippen LogP contribution in [-0.4, -0.2) is 46.6 Å². The van der Waals surface area contributed by atoms with Gasteiger partial charge in [0.25, 0.3) is 5.91 Å². The first-order valence-corrected chi connectivity index (χ1v) is 10.2. The number of carboxylic acid groups (broad SMARTS) is 1. The van der Waals surface area contributed by atoms with Crippen LogP contribution in [0.2, 0.25) is 0 Å². The molecule has 8 nitrogen and oxygen atoms in total. The maximum atomic E-state index is 12.6. The zero-order valence-corrected chi connectivity index (χ0v) is 20.2. The average Bonchev–Trinajstić information content (AvgIpc) is 3.34. The van der Waals surface area contributed by atoms with Crippen molar-refractivity contribution in [2.45, 2.75) is 19.4 Å². The van der Waals surface area contributed by atoms with Crippen molar-refractivity contribution in [1.29, 1.82) is 0 Å². The van der Waals surface area contributed by atoms with E-state index in [1.54, 1.807) is 6.07 Å². The number of rotatable bonds is 6. The number of piperidine rings is 1. The van der Waals surface area contributed by atoms with Gasteiger partial charge >= 0.3 is 29.6 Å². The van der Waals surface area contributed by atoms with Crippen LogP contribution in [0.15, 0.2) is 39.2 Å². The third kappa shape index (κ3) is 5.33. The summed E-state index contributed by atoms with van der Waals surface area (Å²) >= 11 is 3.42. The van der Waals surface area contributed by atoms with Crippen LogP contribution in [0.5, 0.6) is 0 Å². The molecular formula is C20H20BrN4NaO4. The molecule has 0 radical (unpaired) electrons. The standard InChI is InChI=1S/C20H21BrN4O4.Na/c21-13-1-3-16-15(9-13)18(24-23-16)19(26)22-10-12-5-7-25(8-6-12)11-14-2-4-17(29-14)20(27)28;/h1-4,9,12H,5-8,10-11H2,(H,22,26)(H,23,24)(H,27,28);/q;+1/p-1. The summed E-state index contributed by atoms with van der Waals surface area (Å²) in [5, 5.41) is 21.6. The Balaban J connectivity index is 0.00000256. The summed E-state index contributed by atoms with van der Waals surface area (Å²) in [5.41, 5.74) is 1.23. The Hall–Kier alpha value is -1.65. The summed E-state index contributed by atoms with van der Waals surface area (Å²) in [6.45, 7) is 2.89. The molecule has 0 unspecified atom stereocenters. The van der Waals surface area contributed by atoms with Crippen molar-refractivity contribution < 1.29 is 48.7 Å². The number of amides is 1. The van der Waals surface area contributed by atoms with E-state index in [0.717, 1.165) is 41.3 Å². The van der Waals surface area contributed by atoms with Gasteiger partial charge in [0.2, 0.25) is 0 Å². The number of halogens is 1. The van der Waals surface area contributed by atoms with Gasteiger partial charge in [0, 0.05) is 16.4 Å². The molecule has 1 saturated heterocycles. The number of hydrogen-bond acceptors (Lipinski definition) is 6. The number of hydrogen-bond donors (Lipinski definition) is 2. The normalized spacial score (nSPS) is 15.1. The number of carbonyl (C=O) groups excluding carboxylic acids is 2. The summed E-state index contributed by atoms with van der Waals surface area (Å²) in [6, 6.07) is 8.76. The van der Waals surface area contributed by atoms with Crippen molar-refractivity contribution in [3.63, 3.8) is 0 Å². The second-order valence-corrected chi connectivity index (χ2v) is 8.16. The van der Waals surface area contributed by atoms with Crippen molar-refractivity contribution in [2.75, 3.05) is 19.6 Å². The monoisotopic (exact) mass is 482 g/mol. The van der Waals surface area contributed by atoms with E-state index in [4.69, 9.17) is 4.42 Å². The smallest absolute Gasteiger partial charge is 0.542 e. The SMILES string of the molecule is O=C([O-])c1ccc(CN2CCC(CNC(=O)c3n[nH]c4ccc(Br)cc34)CC2)o1.[Na+]. The molecule has 1 amide bonds. The van der Waals surface area contributed by atoms with Crippen LogP contribution in [0, 0.1) is 5.92 Å². The molecule has 4 rings (SSSR count). The number of benzene rings is 1. The van der Waals surface area contributed by atoms with Gasteiger partial charge in [0.1, 0.15) is 17.5 Å². The van der Waals surface area contributed by atoms with Crippen molar-refractivity contribution in [3.05, 3.63) is 52.0 Å². The summed E-state index contributed by atoms with van der Waals surface area (Å²) in [7, 11) is 0. The Bertz CT molecular complexity index is 1040. The minimum atomic E-state index is -1.30. The molecule has 1 aliphatic heterocycles. The van der Waals surface area contributed by atoms with Crippen LogP contribution in [0.25, 0.3) is 10.9 Å². The molecule has 3 heterocycles. The first-order valence-electron chi connectivity index (χ1n) is 9.44. The molecule has 0 spiro atoms. The van der Waals surface area contributed by atoms with E-state index < -0.39 is 5.97 Å². The Morgan fingerprint density at radius 3 is 2.73 bits per heavy atom. The van der Waals surface area contributed by atoms with Crippen LogP contribution in [0.3, 0.4) is 0 Å². The molecule has 2 N–H and O–H groups in total. The van der Waals surface area contributed by atoms with Gasteiger partial charge in [-0.25, -0.2) is 0 Å². The second kappa shape index (κ2) is 10.1. The Morgan fingerprint density at radius 2 is 2.03 bits per heavy atom. The molecule has 1 fully saturated rings. The molecule has 0 bridgehead atoms. The predicted molar refractivity (Wildman–Crippen MR) is 107 cm³/mol. The fraction of sp³-hybridized carbons (Fsp3) is 0.350. The van der Waals surface area contributed by atoms with E-state index in [-0.39, 0.29) is 41.2 Å². The average molecular weight is 483 g/mol. The third-order valence-corrected chi connectivity index (χ3v) is 5.73. The topological polar surface area (TPSA) is 114 Å². The maximum absolute atomic E-state index is 12.6. The predicted octanol–water partition coefficient (Wildman–Crippen LogP) is -1.07. The summed E-state index contributed by atoms with van der Waals surface area (Å²) in [5.74, 6) is -0.615. The van der Waals surface area contributed by atoms with Crippen molar-refractivity contribution in [3.8, 4) is 0 Å². The minimum absolute atomic E-state index is 0. The number of nitrogens with one attached hydrogen (secondary N) is 2. The number of furan rings is 1. The quantitative estimate of drug-likeness (QED) is 0.432. The molecule has 2 aromatic heterocycles. The third-order valence-electron chi connectivity index (χ3n) is 5.24. The van der Waals surface area contributed by atoms with Gasteiger partial charge in [-0.15, -0.1) is 0 Å². The minimum Gasteiger partial charge on any atom is -0.542 e. The number of aromatic amines is 1. The van der Waals surface area contributed by atoms with E-state index in [9.17, 15) is 14.7 Å². The van der Waals surface area contributed by atoms with Gasteiger partial charge in [0.05, 0.1) is 12.1 Å². The summed E-state index contributed by atoms with van der Waals surface area (Å²) < 4.78 is 6.16.